The summed E-state index contributed by atoms with van der Waals surface area (Å²) in [5.74, 6) is 0. The Bertz CT molecular complexity index is 899. The molecule has 0 radical (unpaired) electrons. The van der Waals surface area contributed by atoms with Crippen LogP contribution in [0, 0.1) is 13.8 Å². The Kier molecular flexibility index (Phi) is 3.90. The monoisotopic (exact) mass is 312 g/mol. The van der Waals surface area contributed by atoms with Crippen molar-refractivity contribution in [3.63, 3.8) is 0 Å². The van der Waals surface area contributed by atoms with Gasteiger partial charge in [0.15, 0.2) is 0 Å². The summed E-state index contributed by atoms with van der Waals surface area (Å²) in [5, 5.41) is 5.00. The normalized spacial score (nSPS) is 10.9. The lowest BCUT2D eigenvalue weighted by molar-refractivity contribution is 1.08. The van der Waals surface area contributed by atoms with Crippen molar-refractivity contribution in [3.8, 4) is 0 Å². The van der Waals surface area contributed by atoms with Crippen LogP contribution in [0.3, 0.4) is 0 Å². The Balaban J connectivity index is 1.92. The number of anilines is 1. The number of para-hydroxylation sites is 1. The highest BCUT2D eigenvalue weighted by Crippen LogP contribution is 2.21. The molecule has 2 aromatic carbocycles. The van der Waals surface area contributed by atoms with E-state index in [1.165, 1.54) is 0 Å². The molecular weight excluding hydrogens is 296 g/mol. The Morgan fingerprint density at radius 2 is 1.91 bits per heavy atom. The molecule has 0 aliphatic rings. The molecular formula is C18H17ClN2O. The van der Waals surface area contributed by atoms with Gasteiger partial charge in [0.05, 0.1) is 5.52 Å². The highest BCUT2D eigenvalue weighted by atomic mass is 35.5. The second-order valence-corrected chi connectivity index (χ2v) is 5.91. The topological polar surface area (TPSA) is 44.9 Å². The maximum atomic E-state index is 12.2. The third-order valence-corrected chi connectivity index (χ3v) is 4.07. The fourth-order valence-corrected chi connectivity index (χ4v) is 2.71. The fourth-order valence-electron chi connectivity index (χ4n) is 2.53. The molecule has 3 rings (SSSR count). The summed E-state index contributed by atoms with van der Waals surface area (Å²) in [6, 6.07) is 13.6. The van der Waals surface area contributed by atoms with Crippen LogP contribution >= 0.6 is 11.6 Å². The van der Waals surface area contributed by atoms with Gasteiger partial charge in [-0.05, 0) is 48.6 Å². The fraction of sp³-hybridized carbons (Fsp3) is 0.167. The van der Waals surface area contributed by atoms with Crippen molar-refractivity contribution >= 4 is 28.2 Å². The highest BCUT2D eigenvalue weighted by Gasteiger charge is 2.06. The molecule has 0 amide bonds. The minimum atomic E-state index is -0.0611. The van der Waals surface area contributed by atoms with Crippen LogP contribution in [0.25, 0.3) is 10.9 Å². The van der Waals surface area contributed by atoms with Crippen LogP contribution in [-0.2, 0) is 6.54 Å². The first-order valence-corrected chi connectivity index (χ1v) is 7.54. The molecule has 0 aliphatic carbocycles. The van der Waals surface area contributed by atoms with Crippen molar-refractivity contribution < 1.29 is 0 Å². The molecule has 0 unspecified atom stereocenters. The molecule has 0 aliphatic heterocycles. The molecule has 3 nitrogen and oxygen atoms in total. The van der Waals surface area contributed by atoms with E-state index in [0.717, 1.165) is 27.7 Å². The van der Waals surface area contributed by atoms with Gasteiger partial charge in [0.2, 0.25) is 0 Å². The maximum absolute atomic E-state index is 12.2. The zero-order chi connectivity index (χ0) is 15.7. The summed E-state index contributed by atoms with van der Waals surface area (Å²) in [5.41, 5.74) is 4.65. The van der Waals surface area contributed by atoms with Crippen LogP contribution in [0.2, 0.25) is 5.02 Å². The van der Waals surface area contributed by atoms with Gasteiger partial charge in [-0.15, -0.1) is 0 Å². The molecule has 1 aromatic heterocycles. The number of nitrogens with one attached hydrogen (secondary N) is 2. The zero-order valence-electron chi connectivity index (χ0n) is 12.5. The minimum absolute atomic E-state index is 0.0611. The number of aryl methyl sites for hydroxylation is 2. The molecule has 0 atom stereocenters. The van der Waals surface area contributed by atoms with Gasteiger partial charge in [-0.1, -0.05) is 35.9 Å². The molecule has 3 aromatic rings. The van der Waals surface area contributed by atoms with Crippen LogP contribution in [0.5, 0.6) is 0 Å². The number of aromatic amines is 1. The Morgan fingerprint density at radius 1 is 1.09 bits per heavy atom. The molecule has 112 valence electrons. The van der Waals surface area contributed by atoms with E-state index < -0.39 is 0 Å². The number of hydrogen-bond donors (Lipinski definition) is 2. The molecule has 2 N–H and O–H groups in total. The second kappa shape index (κ2) is 5.85. The summed E-state index contributed by atoms with van der Waals surface area (Å²) in [6.45, 7) is 4.46. The SMILES string of the molecule is Cc1ccc(Cl)cc1NCc1cc2cccc(C)c2[nH]c1=O. The summed E-state index contributed by atoms with van der Waals surface area (Å²) in [6.07, 6.45) is 0. The van der Waals surface area contributed by atoms with Crippen molar-refractivity contribution in [2.75, 3.05) is 5.32 Å². The largest absolute Gasteiger partial charge is 0.380 e. The minimum Gasteiger partial charge on any atom is -0.380 e. The predicted molar refractivity (Wildman–Crippen MR) is 92.8 cm³/mol. The van der Waals surface area contributed by atoms with Crippen LogP contribution in [-0.4, -0.2) is 4.98 Å². The molecule has 0 saturated heterocycles. The van der Waals surface area contributed by atoms with Gasteiger partial charge >= 0.3 is 0 Å². The Morgan fingerprint density at radius 3 is 2.73 bits per heavy atom. The quantitative estimate of drug-likeness (QED) is 0.752. The van der Waals surface area contributed by atoms with Gasteiger partial charge in [-0.3, -0.25) is 4.79 Å². The van der Waals surface area contributed by atoms with Gasteiger partial charge in [0, 0.05) is 22.8 Å². The zero-order valence-corrected chi connectivity index (χ0v) is 13.3. The summed E-state index contributed by atoms with van der Waals surface area (Å²) < 4.78 is 0. The first-order chi connectivity index (χ1) is 10.5. The molecule has 0 bridgehead atoms. The van der Waals surface area contributed by atoms with E-state index in [-0.39, 0.29) is 5.56 Å². The Labute approximate surface area is 133 Å². The number of rotatable bonds is 3. The number of benzene rings is 2. The average molecular weight is 313 g/mol. The van der Waals surface area contributed by atoms with Crippen molar-refractivity contribution in [1.29, 1.82) is 0 Å². The van der Waals surface area contributed by atoms with Gasteiger partial charge in [-0.2, -0.15) is 0 Å². The number of H-pyrrole nitrogens is 1. The van der Waals surface area contributed by atoms with Gasteiger partial charge in [-0.25, -0.2) is 0 Å². The predicted octanol–water partition coefficient (Wildman–Crippen LogP) is 4.41. The average Bonchev–Trinajstić information content (AvgIpc) is 2.49. The van der Waals surface area contributed by atoms with E-state index in [1.807, 2.05) is 56.3 Å². The molecule has 0 spiro atoms. The summed E-state index contributed by atoms with van der Waals surface area (Å²) >= 11 is 6.02. The first-order valence-electron chi connectivity index (χ1n) is 7.16. The highest BCUT2D eigenvalue weighted by molar-refractivity contribution is 6.30. The molecule has 22 heavy (non-hydrogen) atoms. The first kappa shape index (κ1) is 14.7. The third-order valence-electron chi connectivity index (χ3n) is 3.83. The summed E-state index contributed by atoms with van der Waals surface area (Å²) in [7, 11) is 0. The lowest BCUT2D eigenvalue weighted by atomic mass is 10.1. The number of fused-ring (bicyclic) bond motifs is 1. The van der Waals surface area contributed by atoms with Crippen molar-refractivity contribution in [3.05, 3.63) is 74.5 Å². The van der Waals surface area contributed by atoms with E-state index in [4.69, 9.17) is 11.6 Å². The maximum Gasteiger partial charge on any atom is 0.253 e. The third kappa shape index (κ3) is 2.85. The molecule has 0 saturated carbocycles. The van der Waals surface area contributed by atoms with Crippen LogP contribution < -0.4 is 10.9 Å². The number of pyridine rings is 1. The van der Waals surface area contributed by atoms with Gasteiger partial charge < -0.3 is 10.3 Å². The van der Waals surface area contributed by atoms with Gasteiger partial charge in [0.25, 0.3) is 5.56 Å². The second-order valence-electron chi connectivity index (χ2n) is 5.48. The number of halogens is 1. The van der Waals surface area contributed by atoms with E-state index in [2.05, 4.69) is 10.3 Å². The smallest absolute Gasteiger partial charge is 0.253 e. The van der Waals surface area contributed by atoms with Crippen LogP contribution in [0.1, 0.15) is 16.7 Å². The Hall–Kier alpha value is -2.26. The van der Waals surface area contributed by atoms with Crippen LogP contribution in [0.15, 0.2) is 47.3 Å². The van der Waals surface area contributed by atoms with E-state index >= 15 is 0 Å². The van der Waals surface area contributed by atoms with Crippen molar-refractivity contribution in [1.82, 2.24) is 4.98 Å². The van der Waals surface area contributed by atoms with E-state index in [1.54, 1.807) is 0 Å². The summed E-state index contributed by atoms with van der Waals surface area (Å²) in [4.78, 5) is 15.2. The lowest BCUT2D eigenvalue weighted by Crippen LogP contribution is -2.16. The number of aromatic nitrogens is 1. The molecule has 0 fully saturated rings. The van der Waals surface area contributed by atoms with Crippen molar-refractivity contribution in [2.24, 2.45) is 0 Å². The van der Waals surface area contributed by atoms with Crippen LogP contribution in [0.4, 0.5) is 5.69 Å². The van der Waals surface area contributed by atoms with E-state index in [0.29, 0.717) is 17.1 Å². The number of hydrogen-bond acceptors (Lipinski definition) is 2. The van der Waals surface area contributed by atoms with Crippen molar-refractivity contribution in [2.45, 2.75) is 20.4 Å². The lowest BCUT2D eigenvalue weighted by Gasteiger charge is -2.10. The molecule has 1 heterocycles. The standard InChI is InChI=1S/C18H17ClN2O/c1-11-6-7-15(19)9-16(11)20-10-14-8-13-5-3-4-12(2)17(13)21-18(14)22/h3-9,20H,10H2,1-2H3,(H,21,22). The van der Waals surface area contributed by atoms with E-state index in [9.17, 15) is 4.79 Å². The van der Waals surface area contributed by atoms with Gasteiger partial charge in [0.1, 0.15) is 0 Å². The molecule has 4 heteroatoms.